The Morgan fingerprint density at radius 3 is 2.38 bits per heavy atom. The number of nitrogens with zero attached hydrogens (tertiary/aromatic N) is 1. The lowest BCUT2D eigenvalue weighted by Gasteiger charge is -2.11. The van der Waals surface area contributed by atoms with Crippen molar-refractivity contribution in [3.63, 3.8) is 0 Å². The lowest BCUT2D eigenvalue weighted by Crippen LogP contribution is -2.16. The number of halogens is 3. The van der Waals surface area contributed by atoms with Gasteiger partial charge in [0.25, 0.3) is 0 Å². The van der Waals surface area contributed by atoms with Crippen molar-refractivity contribution in [2.75, 3.05) is 0 Å². The summed E-state index contributed by atoms with van der Waals surface area (Å²) in [4.78, 5) is 3.74. The largest absolute Gasteiger partial charge is 0.319 e. The number of rotatable bonds is 2. The summed E-state index contributed by atoms with van der Waals surface area (Å²) >= 11 is 1.14. The zero-order chi connectivity index (χ0) is 11.7. The molecule has 1 unspecified atom stereocenters. The molecule has 0 amide bonds. The second-order valence-corrected chi connectivity index (χ2v) is 3.78. The van der Waals surface area contributed by atoms with Crippen molar-refractivity contribution in [3.05, 3.63) is 51.7 Å². The highest BCUT2D eigenvalue weighted by atomic mass is 32.1. The van der Waals surface area contributed by atoms with E-state index in [0.29, 0.717) is 17.8 Å². The van der Waals surface area contributed by atoms with E-state index in [9.17, 15) is 13.2 Å². The topological polar surface area (TPSA) is 38.9 Å². The van der Waals surface area contributed by atoms with Crippen molar-refractivity contribution in [1.82, 2.24) is 4.98 Å². The highest BCUT2D eigenvalue weighted by Crippen LogP contribution is 2.25. The van der Waals surface area contributed by atoms with E-state index in [0.717, 1.165) is 11.3 Å². The van der Waals surface area contributed by atoms with Crippen LogP contribution in [0.15, 0.2) is 17.5 Å². The fourth-order valence-corrected chi connectivity index (χ4v) is 1.86. The molecule has 83 valence electrons. The molecule has 1 radical (unpaired) electrons. The Hall–Kier alpha value is -1.40. The summed E-state index contributed by atoms with van der Waals surface area (Å²) in [5, 5.41) is 1.53. The molecule has 1 heterocycles. The Morgan fingerprint density at radius 2 is 1.88 bits per heavy atom. The van der Waals surface area contributed by atoms with Gasteiger partial charge in [-0.1, -0.05) is 0 Å². The van der Waals surface area contributed by atoms with Gasteiger partial charge >= 0.3 is 0 Å². The molecule has 0 fully saturated rings. The molecule has 2 rings (SSSR count). The first kappa shape index (κ1) is 11.1. The molecule has 6 heteroatoms. The fraction of sp³-hybridized carbons (Fsp3) is 0.100. The Morgan fingerprint density at radius 1 is 1.25 bits per heavy atom. The van der Waals surface area contributed by atoms with E-state index in [-0.39, 0.29) is 5.56 Å². The van der Waals surface area contributed by atoms with Crippen LogP contribution in [0.5, 0.6) is 0 Å². The van der Waals surface area contributed by atoms with Gasteiger partial charge in [0.15, 0.2) is 5.51 Å². The molecular weight excluding hydrogens is 237 g/mol. The van der Waals surface area contributed by atoms with Crippen molar-refractivity contribution >= 4 is 11.3 Å². The molecule has 1 atom stereocenters. The van der Waals surface area contributed by atoms with E-state index in [1.807, 2.05) is 0 Å². The molecule has 0 saturated carbocycles. The van der Waals surface area contributed by atoms with Crippen LogP contribution in [-0.4, -0.2) is 4.98 Å². The summed E-state index contributed by atoms with van der Waals surface area (Å²) in [6, 6.07) is 0.131. The Kier molecular flexibility index (Phi) is 2.93. The molecule has 2 nitrogen and oxygen atoms in total. The van der Waals surface area contributed by atoms with Gasteiger partial charge in [-0.15, -0.1) is 11.3 Å². The van der Waals surface area contributed by atoms with E-state index >= 15 is 0 Å². The first-order valence-corrected chi connectivity index (χ1v) is 5.19. The van der Waals surface area contributed by atoms with Crippen LogP contribution in [0.2, 0.25) is 0 Å². The van der Waals surface area contributed by atoms with Crippen LogP contribution in [0.1, 0.15) is 17.3 Å². The lowest BCUT2D eigenvalue weighted by atomic mass is 10.0. The number of nitrogens with two attached hydrogens (primary N) is 1. The fourth-order valence-electron chi connectivity index (χ4n) is 1.33. The monoisotopic (exact) mass is 243 g/mol. The minimum absolute atomic E-state index is 0.300. The van der Waals surface area contributed by atoms with E-state index in [2.05, 4.69) is 10.5 Å². The van der Waals surface area contributed by atoms with Crippen molar-refractivity contribution in [2.45, 2.75) is 6.04 Å². The van der Waals surface area contributed by atoms with Gasteiger partial charge in [-0.05, 0) is 0 Å². The van der Waals surface area contributed by atoms with Crippen LogP contribution >= 0.6 is 11.3 Å². The highest BCUT2D eigenvalue weighted by Gasteiger charge is 2.20. The highest BCUT2D eigenvalue weighted by molar-refractivity contribution is 7.07. The minimum atomic E-state index is -1.05. The predicted molar refractivity (Wildman–Crippen MR) is 53.3 cm³/mol. The molecule has 1 aromatic heterocycles. The van der Waals surface area contributed by atoms with Gasteiger partial charge in [0, 0.05) is 23.1 Å². The number of hydrogen-bond acceptors (Lipinski definition) is 3. The van der Waals surface area contributed by atoms with Crippen molar-refractivity contribution in [2.24, 2.45) is 5.73 Å². The standard InChI is InChI=1S/C10H6F3N2S/c11-5-1-6(12)9(7(13)2-5)10(14)8-3-16-4-15-8/h1-3,10H,14H2. The molecule has 0 bridgehead atoms. The maximum Gasteiger partial charge on any atom is 0.152 e. The average molecular weight is 243 g/mol. The van der Waals surface area contributed by atoms with Gasteiger partial charge < -0.3 is 5.73 Å². The van der Waals surface area contributed by atoms with Crippen LogP contribution in [-0.2, 0) is 0 Å². The van der Waals surface area contributed by atoms with E-state index < -0.39 is 23.5 Å². The van der Waals surface area contributed by atoms with Crippen LogP contribution < -0.4 is 5.73 Å². The lowest BCUT2D eigenvalue weighted by molar-refractivity contribution is 0.513. The van der Waals surface area contributed by atoms with Gasteiger partial charge in [-0.25, -0.2) is 18.2 Å². The zero-order valence-corrected chi connectivity index (χ0v) is 8.69. The number of aromatic nitrogens is 1. The molecule has 2 aromatic rings. The summed E-state index contributed by atoms with van der Waals surface area (Å²) in [6.45, 7) is 0. The average Bonchev–Trinajstić information content (AvgIpc) is 2.67. The Balaban J connectivity index is 2.48. The summed E-state index contributed by atoms with van der Waals surface area (Å²) < 4.78 is 39.4. The predicted octanol–water partition coefficient (Wildman–Crippen LogP) is 2.41. The molecule has 0 aliphatic carbocycles. The molecule has 1 aromatic carbocycles. The van der Waals surface area contributed by atoms with E-state index in [1.165, 1.54) is 5.38 Å². The van der Waals surface area contributed by atoms with Gasteiger partial charge in [-0.3, -0.25) is 0 Å². The smallest absolute Gasteiger partial charge is 0.152 e. The molecule has 2 N–H and O–H groups in total. The van der Waals surface area contributed by atoms with Crippen molar-refractivity contribution in [1.29, 1.82) is 0 Å². The maximum atomic E-state index is 13.4. The molecule has 0 aliphatic rings. The first-order valence-electron chi connectivity index (χ1n) is 4.31. The van der Waals surface area contributed by atoms with Crippen LogP contribution in [0, 0.1) is 23.0 Å². The second kappa shape index (κ2) is 4.23. The molecule has 0 spiro atoms. The van der Waals surface area contributed by atoms with Gasteiger partial charge in [0.05, 0.1) is 11.7 Å². The normalized spacial score (nSPS) is 12.8. The first-order chi connectivity index (χ1) is 7.59. The molecule has 0 aliphatic heterocycles. The van der Waals surface area contributed by atoms with Crippen LogP contribution in [0.4, 0.5) is 13.2 Å². The van der Waals surface area contributed by atoms with E-state index in [1.54, 1.807) is 0 Å². The van der Waals surface area contributed by atoms with Crippen LogP contribution in [0.25, 0.3) is 0 Å². The number of benzene rings is 1. The quantitative estimate of drug-likeness (QED) is 0.879. The van der Waals surface area contributed by atoms with Gasteiger partial charge in [0.2, 0.25) is 0 Å². The summed E-state index contributed by atoms with van der Waals surface area (Å²) in [7, 11) is 0. The Bertz CT molecular complexity index is 476. The molecular formula is C10H6F3N2S. The maximum absolute atomic E-state index is 13.4. The van der Waals surface area contributed by atoms with Crippen molar-refractivity contribution < 1.29 is 13.2 Å². The SMILES string of the molecule is NC(c1cs[c]n1)c1c(F)cc(F)cc1F. The Labute approximate surface area is 93.5 Å². The minimum Gasteiger partial charge on any atom is -0.319 e. The van der Waals surface area contributed by atoms with Crippen LogP contribution in [0.3, 0.4) is 0 Å². The molecule has 0 saturated heterocycles. The van der Waals surface area contributed by atoms with Gasteiger partial charge in [0.1, 0.15) is 17.5 Å². The number of thiazole rings is 1. The zero-order valence-electron chi connectivity index (χ0n) is 7.88. The summed E-state index contributed by atoms with van der Waals surface area (Å²) in [5.74, 6) is -3.01. The third-order valence-corrected chi connectivity index (χ3v) is 2.64. The van der Waals surface area contributed by atoms with Gasteiger partial charge in [-0.2, -0.15) is 0 Å². The second-order valence-electron chi connectivity index (χ2n) is 3.12. The van der Waals surface area contributed by atoms with E-state index in [4.69, 9.17) is 5.73 Å². The molecule has 16 heavy (non-hydrogen) atoms. The number of hydrogen-bond donors (Lipinski definition) is 1. The third-order valence-electron chi connectivity index (χ3n) is 2.08. The van der Waals surface area contributed by atoms with Crippen molar-refractivity contribution in [3.8, 4) is 0 Å². The summed E-state index contributed by atoms with van der Waals surface area (Å²) in [6.07, 6.45) is 0. The summed E-state index contributed by atoms with van der Waals surface area (Å²) in [5.41, 5.74) is 8.07. The third kappa shape index (κ3) is 1.94.